The van der Waals surface area contributed by atoms with Gasteiger partial charge in [-0.15, -0.1) is 0 Å². The summed E-state index contributed by atoms with van der Waals surface area (Å²) in [5.41, 5.74) is 1.37. The number of carbonyl (C=O) groups is 2. The van der Waals surface area contributed by atoms with Crippen LogP contribution in [0.15, 0.2) is 36.8 Å². The molecule has 2 amide bonds. The Morgan fingerprint density at radius 2 is 1.92 bits per heavy atom. The molecule has 0 saturated heterocycles. The minimum absolute atomic E-state index is 0.0272. The first kappa shape index (κ1) is 17.8. The van der Waals surface area contributed by atoms with Gasteiger partial charge in [0, 0.05) is 30.1 Å². The first-order valence-electron chi connectivity index (χ1n) is 8.73. The van der Waals surface area contributed by atoms with Crippen LogP contribution in [0.4, 0.5) is 11.4 Å². The number of benzene rings is 1. The van der Waals surface area contributed by atoms with Crippen molar-refractivity contribution in [3.63, 3.8) is 0 Å². The smallest absolute Gasteiger partial charge is 0.275 e. The molecule has 1 saturated carbocycles. The Hall–Kier alpha value is -2.96. The number of hydrogen-bond donors (Lipinski definition) is 2. The van der Waals surface area contributed by atoms with E-state index < -0.39 is 0 Å². The molecular weight excluding hydrogens is 332 g/mol. The molecule has 1 aliphatic rings. The van der Waals surface area contributed by atoms with Crippen molar-refractivity contribution in [2.24, 2.45) is 5.92 Å². The van der Waals surface area contributed by atoms with E-state index in [1.807, 2.05) is 0 Å². The minimum Gasteiger partial charge on any atom is -0.494 e. The highest BCUT2D eigenvalue weighted by Gasteiger charge is 2.22. The van der Waals surface area contributed by atoms with E-state index in [9.17, 15) is 9.59 Å². The molecule has 3 rings (SSSR count). The van der Waals surface area contributed by atoms with E-state index >= 15 is 0 Å². The number of hydrogen-bond acceptors (Lipinski definition) is 5. The summed E-state index contributed by atoms with van der Waals surface area (Å²) in [4.78, 5) is 32.4. The van der Waals surface area contributed by atoms with Gasteiger partial charge in [0.15, 0.2) is 0 Å². The summed E-state index contributed by atoms with van der Waals surface area (Å²) in [6, 6.07) is 5.11. The number of amides is 2. The molecule has 7 nitrogen and oxygen atoms in total. The fourth-order valence-corrected chi connectivity index (χ4v) is 3.08. The molecule has 26 heavy (non-hydrogen) atoms. The molecule has 0 aliphatic heterocycles. The van der Waals surface area contributed by atoms with Crippen LogP contribution in [0.3, 0.4) is 0 Å². The van der Waals surface area contributed by atoms with Crippen LogP contribution in [0, 0.1) is 5.92 Å². The monoisotopic (exact) mass is 354 g/mol. The van der Waals surface area contributed by atoms with Gasteiger partial charge in [-0.25, -0.2) is 4.98 Å². The van der Waals surface area contributed by atoms with Crippen molar-refractivity contribution in [1.29, 1.82) is 0 Å². The Morgan fingerprint density at radius 3 is 2.62 bits per heavy atom. The SMILES string of the molecule is COc1cc(NC(=O)c2cnccn2)ccc1NC(=O)C1CCCCC1. The van der Waals surface area contributed by atoms with Crippen LogP contribution >= 0.6 is 0 Å². The number of nitrogens with zero attached hydrogens (tertiary/aromatic N) is 2. The van der Waals surface area contributed by atoms with Crippen LogP contribution in [-0.4, -0.2) is 28.9 Å². The highest BCUT2D eigenvalue weighted by atomic mass is 16.5. The zero-order valence-electron chi connectivity index (χ0n) is 14.7. The van der Waals surface area contributed by atoms with Crippen molar-refractivity contribution < 1.29 is 14.3 Å². The van der Waals surface area contributed by atoms with Crippen molar-refractivity contribution in [2.75, 3.05) is 17.7 Å². The van der Waals surface area contributed by atoms with Gasteiger partial charge in [-0.05, 0) is 25.0 Å². The fraction of sp³-hybridized carbons (Fsp3) is 0.368. The quantitative estimate of drug-likeness (QED) is 0.860. The maximum Gasteiger partial charge on any atom is 0.275 e. The number of ether oxygens (including phenoxy) is 1. The molecule has 2 N–H and O–H groups in total. The maximum absolute atomic E-state index is 12.4. The van der Waals surface area contributed by atoms with Gasteiger partial charge in [-0.1, -0.05) is 19.3 Å². The Morgan fingerprint density at radius 1 is 1.12 bits per heavy atom. The zero-order valence-corrected chi connectivity index (χ0v) is 14.7. The third-order valence-corrected chi connectivity index (χ3v) is 4.49. The third kappa shape index (κ3) is 4.36. The van der Waals surface area contributed by atoms with E-state index in [4.69, 9.17) is 4.74 Å². The summed E-state index contributed by atoms with van der Waals surface area (Å²) in [6.45, 7) is 0. The van der Waals surface area contributed by atoms with Crippen LogP contribution in [0.1, 0.15) is 42.6 Å². The van der Waals surface area contributed by atoms with E-state index in [1.165, 1.54) is 32.1 Å². The maximum atomic E-state index is 12.4. The Labute approximate surface area is 152 Å². The fourth-order valence-electron chi connectivity index (χ4n) is 3.08. The predicted octanol–water partition coefficient (Wildman–Crippen LogP) is 3.26. The lowest BCUT2D eigenvalue weighted by Gasteiger charge is -2.21. The lowest BCUT2D eigenvalue weighted by Crippen LogP contribution is -2.25. The zero-order chi connectivity index (χ0) is 18.4. The summed E-state index contributed by atoms with van der Waals surface area (Å²) in [5.74, 6) is 0.217. The average Bonchev–Trinajstić information content (AvgIpc) is 2.70. The average molecular weight is 354 g/mol. The first-order chi connectivity index (χ1) is 12.7. The molecule has 136 valence electrons. The van der Waals surface area contributed by atoms with Gasteiger partial charge in [0.1, 0.15) is 11.4 Å². The summed E-state index contributed by atoms with van der Waals surface area (Å²) >= 11 is 0. The number of methoxy groups -OCH3 is 1. The number of aromatic nitrogens is 2. The van der Waals surface area contributed by atoms with E-state index in [-0.39, 0.29) is 23.4 Å². The standard InChI is InChI=1S/C19H22N4O3/c1-26-17-11-14(22-19(25)16-12-20-9-10-21-16)7-8-15(17)23-18(24)13-5-3-2-4-6-13/h7-13H,2-6H2,1H3,(H,22,25)(H,23,24). The van der Waals surface area contributed by atoms with Gasteiger partial charge in [0.2, 0.25) is 5.91 Å². The summed E-state index contributed by atoms with van der Waals surface area (Å²) in [5, 5.41) is 5.69. The van der Waals surface area contributed by atoms with Gasteiger partial charge >= 0.3 is 0 Å². The third-order valence-electron chi connectivity index (χ3n) is 4.49. The Balaban J connectivity index is 1.69. The summed E-state index contributed by atoms with van der Waals surface area (Å²) < 4.78 is 5.37. The lowest BCUT2D eigenvalue weighted by molar-refractivity contribution is -0.120. The predicted molar refractivity (Wildman–Crippen MR) is 98.2 cm³/mol. The Bertz CT molecular complexity index is 774. The first-order valence-corrected chi connectivity index (χ1v) is 8.73. The lowest BCUT2D eigenvalue weighted by atomic mass is 9.88. The topological polar surface area (TPSA) is 93.2 Å². The molecular formula is C19H22N4O3. The number of anilines is 2. The van der Waals surface area contributed by atoms with Gasteiger partial charge in [0.05, 0.1) is 19.0 Å². The van der Waals surface area contributed by atoms with Crippen LogP contribution in [0.2, 0.25) is 0 Å². The molecule has 0 bridgehead atoms. The van der Waals surface area contributed by atoms with Crippen molar-refractivity contribution >= 4 is 23.2 Å². The van der Waals surface area contributed by atoms with Crippen molar-refractivity contribution in [3.05, 3.63) is 42.5 Å². The van der Waals surface area contributed by atoms with Crippen molar-refractivity contribution in [3.8, 4) is 5.75 Å². The molecule has 0 unspecified atom stereocenters. The van der Waals surface area contributed by atoms with E-state index in [0.717, 1.165) is 25.7 Å². The van der Waals surface area contributed by atoms with Crippen LogP contribution < -0.4 is 15.4 Å². The van der Waals surface area contributed by atoms with E-state index in [1.54, 1.807) is 18.2 Å². The van der Waals surface area contributed by atoms with E-state index in [0.29, 0.717) is 17.1 Å². The van der Waals surface area contributed by atoms with Crippen molar-refractivity contribution in [1.82, 2.24) is 9.97 Å². The van der Waals surface area contributed by atoms with Gasteiger partial charge in [0.25, 0.3) is 5.91 Å². The van der Waals surface area contributed by atoms with E-state index in [2.05, 4.69) is 20.6 Å². The second-order valence-electron chi connectivity index (χ2n) is 6.28. The number of carbonyl (C=O) groups excluding carboxylic acids is 2. The van der Waals surface area contributed by atoms with Crippen molar-refractivity contribution in [2.45, 2.75) is 32.1 Å². The molecule has 7 heteroatoms. The van der Waals surface area contributed by atoms with Crippen LogP contribution in [0.5, 0.6) is 5.75 Å². The molecule has 1 aromatic heterocycles. The summed E-state index contributed by atoms with van der Waals surface area (Å²) in [6.07, 6.45) is 9.62. The molecule has 0 spiro atoms. The van der Waals surface area contributed by atoms with Gasteiger partial charge < -0.3 is 15.4 Å². The normalized spacial score (nSPS) is 14.5. The molecule has 1 aromatic carbocycles. The summed E-state index contributed by atoms with van der Waals surface area (Å²) in [7, 11) is 1.53. The van der Waals surface area contributed by atoms with Gasteiger partial charge in [-0.2, -0.15) is 0 Å². The largest absolute Gasteiger partial charge is 0.494 e. The highest BCUT2D eigenvalue weighted by Crippen LogP contribution is 2.30. The minimum atomic E-state index is -0.362. The molecule has 0 atom stereocenters. The number of rotatable bonds is 5. The van der Waals surface area contributed by atoms with Gasteiger partial charge in [-0.3, -0.25) is 14.6 Å². The molecule has 0 radical (unpaired) electrons. The van der Waals surface area contributed by atoms with Crippen LogP contribution in [0.25, 0.3) is 0 Å². The second-order valence-corrected chi connectivity index (χ2v) is 6.28. The number of nitrogens with one attached hydrogen (secondary N) is 2. The van der Waals surface area contributed by atoms with Crippen LogP contribution in [-0.2, 0) is 4.79 Å². The molecule has 2 aromatic rings. The molecule has 1 aliphatic carbocycles. The molecule has 1 heterocycles. The Kier molecular flexibility index (Phi) is 5.78. The highest BCUT2D eigenvalue weighted by molar-refractivity contribution is 6.03. The second kappa shape index (κ2) is 8.42. The molecule has 1 fully saturated rings.